The van der Waals surface area contributed by atoms with E-state index in [2.05, 4.69) is 5.16 Å². The van der Waals surface area contributed by atoms with Gasteiger partial charge in [0, 0.05) is 5.56 Å². The van der Waals surface area contributed by atoms with Crippen LogP contribution in [0.3, 0.4) is 0 Å². The molecule has 0 amide bonds. The first-order valence-electron chi connectivity index (χ1n) is 4.50. The molecule has 16 heavy (non-hydrogen) atoms. The van der Waals surface area contributed by atoms with Gasteiger partial charge in [0.1, 0.15) is 10.8 Å². The van der Waals surface area contributed by atoms with Crippen LogP contribution in [0.25, 0.3) is 11.3 Å². The molecule has 0 aliphatic heterocycles. The molecule has 0 bridgehead atoms. The molecule has 0 saturated carbocycles. The molecule has 1 heterocycles. The zero-order chi connectivity index (χ0) is 11.7. The van der Waals surface area contributed by atoms with E-state index < -0.39 is 0 Å². The Labute approximate surface area is 95.8 Å². The number of rotatable bonds is 2. The number of carbonyl (C=O) groups is 1. The van der Waals surface area contributed by atoms with E-state index in [1.54, 1.807) is 13.0 Å². The number of halogens is 2. The first-order valence-corrected chi connectivity index (χ1v) is 4.88. The van der Waals surface area contributed by atoms with Crippen LogP contribution in [-0.2, 0) is 0 Å². The van der Waals surface area contributed by atoms with Crippen molar-refractivity contribution in [3.05, 3.63) is 40.3 Å². The first kappa shape index (κ1) is 10.8. The van der Waals surface area contributed by atoms with Gasteiger partial charge in [0.05, 0.1) is 0 Å². The minimum absolute atomic E-state index is 0.0404. The van der Waals surface area contributed by atoms with E-state index in [1.165, 1.54) is 12.1 Å². The summed E-state index contributed by atoms with van der Waals surface area (Å²) in [6.07, 6.45) is 0.506. The second kappa shape index (κ2) is 4.06. The second-order valence-corrected chi connectivity index (χ2v) is 3.67. The van der Waals surface area contributed by atoms with E-state index >= 15 is 0 Å². The van der Waals surface area contributed by atoms with Crippen LogP contribution in [0.5, 0.6) is 0 Å². The first-order chi connectivity index (χ1) is 7.63. The highest BCUT2D eigenvalue weighted by molar-refractivity contribution is 6.35. The summed E-state index contributed by atoms with van der Waals surface area (Å²) < 4.78 is 18.0. The summed E-state index contributed by atoms with van der Waals surface area (Å²) in [7, 11) is 0. The quantitative estimate of drug-likeness (QED) is 0.756. The fourth-order valence-electron chi connectivity index (χ4n) is 1.33. The highest BCUT2D eigenvalue weighted by Crippen LogP contribution is 2.30. The number of aromatic nitrogens is 1. The molecule has 3 nitrogen and oxygen atoms in total. The summed E-state index contributed by atoms with van der Waals surface area (Å²) in [5.74, 6) is -0.0399. The molecule has 0 fully saturated rings. The number of hydrogen-bond donors (Lipinski definition) is 0. The minimum Gasteiger partial charge on any atom is -0.354 e. The van der Waals surface area contributed by atoms with Crippen molar-refractivity contribution in [1.82, 2.24) is 5.16 Å². The van der Waals surface area contributed by atoms with Crippen molar-refractivity contribution in [3.8, 4) is 11.3 Å². The van der Waals surface area contributed by atoms with Gasteiger partial charge < -0.3 is 4.52 Å². The third-order valence-electron chi connectivity index (χ3n) is 2.19. The molecule has 0 aliphatic carbocycles. The third kappa shape index (κ3) is 1.72. The van der Waals surface area contributed by atoms with E-state index in [1.807, 2.05) is 0 Å². The molecule has 0 saturated heterocycles. The van der Waals surface area contributed by atoms with Gasteiger partial charge in [-0.25, -0.2) is 4.39 Å². The minimum atomic E-state index is -0.310. The summed E-state index contributed by atoms with van der Waals surface area (Å²) in [4.78, 5) is 10.5. The Morgan fingerprint density at radius 1 is 1.50 bits per heavy atom. The molecule has 2 aromatic rings. The lowest BCUT2D eigenvalue weighted by Crippen LogP contribution is -1.84. The predicted molar refractivity (Wildman–Crippen MR) is 57.0 cm³/mol. The monoisotopic (exact) mass is 239 g/mol. The van der Waals surface area contributed by atoms with Crippen LogP contribution < -0.4 is 0 Å². The third-order valence-corrected chi connectivity index (χ3v) is 2.56. The van der Waals surface area contributed by atoms with Crippen molar-refractivity contribution in [2.45, 2.75) is 6.92 Å². The average molecular weight is 240 g/mol. The van der Waals surface area contributed by atoms with Crippen molar-refractivity contribution in [2.24, 2.45) is 0 Å². The van der Waals surface area contributed by atoms with Gasteiger partial charge in [-0.05, 0) is 30.7 Å². The molecule has 0 spiro atoms. The molecule has 2 rings (SSSR count). The number of aldehydes is 1. The molecular weight excluding hydrogens is 233 g/mol. The lowest BCUT2D eigenvalue weighted by atomic mass is 10.1. The van der Waals surface area contributed by atoms with Gasteiger partial charge >= 0.3 is 0 Å². The van der Waals surface area contributed by atoms with Gasteiger partial charge in [0.25, 0.3) is 0 Å². The van der Waals surface area contributed by atoms with Crippen molar-refractivity contribution >= 4 is 17.9 Å². The summed E-state index contributed by atoms with van der Waals surface area (Å²) in [5.41, 5.74) is 1.10. The zero-order valence-corrected chi connectivity index (χ0v) is 9.08. The molecule has 0 radical (unpaired) electrons. The van der Waals surface area contributed by atoms with Crippen LogP contribution >= 0.6 is 11.6 Å². The maximum atomic E-state index is 13.1. The molecule has 0 atom stereocenters. The van der Waals surface area contributed by atoms with Gasteiger partial charge in [-0.15, -0.1) is 0 Å². The predicted octanol–water partition coefficient (Wildman–Crippen LogP) is 3.26. The number of carbonyl (C=O) groups excluding carboxylic acids is 1. The van der Waals surface area contributed by atoms with E-state index in [0.29, 0.717) is 17.4 Å². The number of nitrogens with zero attached hydrogens (tertiary/aromatic N) is 1. The topological polar surface area (TPSA) is 43.1 Å². The largest absolute Gasteiger partial charge is 0.354 e. The smallest absolute Gasteiger partial charge is 0.186 e. The SMILES string of the molecule is Cc1cc(-c2onc(C=O)c2Cl)ccc1F. The summed E-state index contributed by atoms with van der Waals surface area (Å²) in [6.45, 7) is 1.63. The second-order valence-electron chi connectivity index (χ2n) is 3.29. The number of benzene rings is 1. The average Bonchev–Trinajstić information content (AvgIpc) is 2.64. The van der Waals surface area contributed by atoms with E-state index in [0.717, 1.165) is 0 Å². The van der Waals surface area contributed by atoms with E-state index in [-0.39, 0.29) is 22.3 Å². The van der Waals surface area contributed by atoms with Gasteiger partial charge in [-0.2, -0.15) is 0 Å². The lowest BCUT2D eigenvalue weighted by molar-refractivity contribution is 0.111. The molecule has 0 N–H and O–H groups in total. The van der Waals surface area contributed by atoms with Crippen molar-refractivity contribution in [3.63, 3.8) is 0 Å². The van der Waals surface area contributed by atoms with Crippen LogP contribution in [0, 0.1) is 12.7 Å². The Hall–Kier alpha value is -1.68. The van der Waals surface area contributed by atoms with Crippen LogP contribution in [0.4, 0.5) is 4.39 Å². The molecule has 5 heteroatoms. The van der Waals surface area contributed by atoms with Gasteiger partial charge in [0.2, 0.25) is 0 Å². The molecule has 0 aliphatic rings. The van der Waals surface area contributed by atoms with Crippen LogP contribution in [0.1, 0.15) is 16.1 Å². The Bertz CT molecular complexity index is 551. The molecule has 1 aromatic carbocycles. The van der Waals surface area contributed by atoms with Gasteiger partial charge in [-0.3, -0.25) is 4.79 Å². The summed E-state index contributed by atoms with van der Waals surface area (Å²) >= 11 is 5.87. The maximum absolute atomic E-state index is 13.1. The fraction of sp³-hybridized carbons (Fsp3) is 0.0909. The van der Waals surface area contributed by atoms with Crippen molar-refractivity contribution < 1.29 is 13.7 Å². The Morgan fingerprint density at radius 3 is 2.81 bits per heavy atom. The van der Waals surface area contributed by atoms with Crippen LogP contribution in [-0.4, -0.2) is 11.4 Å². The maximum Gasteiger partial charge on any atom is 0.186 e. The summed E-state index contributed by atoms with van der Waals surface area (Å²) in [6, 6.07) is 4.41. The van der Waals surface area contributed by atoms with Gasteiger partial charge in [-0.1, -0.05) is 16.8 Å². The van der Waals surface area contributed by atoms with Crippen molar-refractivity contribution in [1.29, 1.82) is 0 Å². The zero-order valence-electron chi connectivity index (χ0n) is 8.33. The normalized spacial score (nSPS) is 10.4. The van der Waals surface area contributed by atoms with E-state index in [4.69, 9.17) is 16.1 Å². The van der Waals surface area contributed by atoms with Crippen LogP contribution in [0.15, 0.2) is 22.7 Å². The molecule has 82 valence electrons. The standard InChI is InChI=1S/C11H7ClFNO2/c1-6-4-7(2-3-8(6)13)11-10(12)9(5-15)14-16-11/h2-5H,1H3. The summed E-state index contributed by atoms with van der Waals surface area (Å²) in [5, 5.41) is 3.63. The Morgan fingerprint density at radius 2 is 2.25 bits per heavy atom. The Balaban J connectivity index is 2.54. The fourth-order valence-corrected chi connectivity index (χ4v) is 1.55. The van der Waals surface area contributed by atoms with Crippen LogP contribution in [0.2, 0.25) is 5.02 Å². The number of hydrogen-bond acceptors (Lipinski definition) is 3. The lowest BCUT2D eigenvalue weighted by Gasteiger charge is -1.99. The molecule has 1 aromatic heterocycles. The highest BCUT2D eigenvalue weighted by atomic mass is 35.5. The molecule has 0 unspecified atom stereocenters. The van der Waals surface area contributed by atoms with Crippen molar-refractivity contribution in [2.75, 3.05) is 0 Å². The number of aryl methyl sites for hydroxylation is 1. The molecular formula is C11H7ClFNO2. The van der Waals surface area contributed by atoms with E-state index in [9.17, 15) is 9.18 Å². The van der Waals surface area contributed by atoms with Gasteiger partial charge in [0.15, 0.2) is 17.7 Å². The Kier molecular flexibility index (Phi) is 2.75. The highest BCUT2D eigenvalue weighted by Gasteiger charge is 2.15.